The van der Waals surface area contributed by atoms with Crippen molar-refractivity contribution in [3.8, 4) is 5.75 Å². The number of nitrogens with one attached hydrogen (secondary N) is 1. The smallest absolute Gasteiger partial charge is 0.240 e. The number of carbonyl (C=O) groups excluding carboxylic acids is 1. The van der Waals surface area contributed by atoms with E-state index in [1.54, 1.807) is 38.2 Å². The van der Waals surface area contributed by atoms with Gasteiger partial charge in [-0.2, -0.15) is 0 Å². The fraction of sp³-hybridized carbons (Fsp3) is 0.417. The third-order valence-electron chi connectivity index (χ3n) is 2.70. The first kappa shape index (κ1) is 13.5. The summed E-state index contributed by atoms with van der Waals surface area (Å²) in [6, 6.07) is 7.05. The van der Waals surface area contributed by atoms with Crippen LogP contribution in [0.4, 0.5) is 0 Å². The van der Waals surface area contributed by atoms with E-state index in [-0.39, 0.29) is 13.2 Å². The predicted molar refractivity (Wildman–Crippen MR) is 64.5 cm³/mol. The van der Waals surface area contributed by atoms with Crippen molar-refractivity contribution < 1.29 is 14.6 Å². The number of nitrogens with two attached hydrogens (primary N) is 1. The van der Waals surface area contributed by atoms with Crippen molar-refractivity contribution in [3.05, 3.63) is 29.8 Å². The Bertz CT molecular complexity index is 395. The Labute approximate surface area is 101 Å². The fourth-order valence-electron chi connectivity index (χ4n) is 1.23. The number of aliphatic hydroxyl groups is 1. The van der Waals surface area contributed by atoms with Crippen LogP contribution >= 0.6 is 0 Å². The van der Waals surface area contributed by atoms with E-state index in [2.05, 4.69) is 5.32 Å². The molecule has 0 saturated heterocycles. The normalized spacial score (nSPS) is 14.1. The number of hydrogen-bond donors (Lipinski definition) is 3. The molecule has 0 aliphatic rings. The second kappa shape index (κ2) is 5.65. The minimum absolute atomic E-state index is 0.0453. The molecule has 5 heteroatoms. The summed E-state index contributed by atoms with van der Waals surface area (Å²) >= 11 is 0. The van der Waals surface area contributed by atoms with E-state index in [1.807, 2.05) is 0 Å². The highest BCUT2D eigenvalue weighted by Gasteiger charge is 2.29. The first-order chi connectivity index (χ1) is 8.01. The summed E-state index contributed by atoms with van der Waals surface area (Å²) in [5.74, 6) is 0.123. The van der Waals surface area contributed by atoms with Crippen molar-refractivity contribution >= 4 is 5.91 Å². The van der Waals surface area contributed by atoms with Crippen molar-refractivity contribution in [1.29, 1.82) is 0 Å². The van der Waals surface area contributed by atoms with Gasteiger partial charge in [0.25, 0.3) is 0 Å². The highest BCUT2D eigenvalue weighted by Crippen LogP contribution is 2.15. The summed E-state index contributed by atoms with van der Waals surface area (Å²) in [7, 11) is 1.65. The molecule has 0 aromatic heterocycles. The van der Waals surface area contributed by atoms with Crippen molar-refractivity contribution in [3.63, 3.8) is 0 Å². The lowest BCUT2D eigenvalue weighted by Crippen LogP contribution is -2.55. The summed E-state index contributed by atoms with van der Waals surface area (Å²) in [5.41, 5.74) is 5.13. The number of benzene rings is 1. The summed E-state index contributed by atoms with van der Waals surface area (Å²) in [5, 5.41) is 11.8. The highest BCUT2D eigenvalue weighted by molar-refractivity contribution is 5.84. The Kier molecular flexibility index (Phi) is 4.48. The molecule has 0 radical (unpaired) electrons. The molecule has 94 valence electrons. The topological polar surface area (TPSA) is 84.6 Å². The Morgan fingerprint density at radius 2 is 2.29 bits per heavy atom. The molecule has 1 amide bonds. The Hall–Kier alpha value is -1.59. The molecule has 1 aromatic rings. The van der Waals surface area contributed by atoms with Crippen molar-refractivity contribution in [1.82, 2.24) is 5.32 Å². The number of aliphatic hydroxyl groups excluding tert-OH is 1. The number of likely N-dealkylation sites (N-methyl/N-ethyl adjacent to an activating group) is 1. The molecule has 1 rings (SSSR count). The van der Waals surface area contributed by atoms with E-state index in [4.69, 9.17) is 15.6 Å². The fourth-order valence-corrected chi connectivity index (χ4v) is 1.23. The molecule has 1 aromatic carbocycles. The van der Waals surface area contributed by atoms with E-state index in [0.29, 0.717) is 5.75 Å². The first-order valence-electron chi connectivity index (χ1n) is 5.33. The summed E-state index contributed by atoms with van der Waals surface area (Å²) in [6.07, 6.45) is 0. The molecule has 17 heavy (non-hydrogen) atoms. The third-order valence-corrected chi connectivity index (χ3v) is 2.70. The molecule has 0 saturated carbocycles. The van der Waals surface area contributed by atoms with Crippen LogP contribution in [0.1, 0.15) is 12.5 Å². The number of hydrogen-bond acceptors (Lipinski definition) is 4. The number of primary amides is 1. The molecular formula is C12H18N2O3. The lowest BCUT2D eigenvalue weighted by molar-refractivity contribution is -0.124. The summed E-state index contributed by atoms with van der Waals surface area (Å²) in [4.78, 5) is 11.2. The van der Waals surface area contributed by atoms with Gasteiger partial charge in [0.05, 0.1) is 6.61 Å². The second-order valence-corrected chi connectivity index (χ2v) is 4.04. The largest absolute Gasteiger partial charge is 0.491 e. The molecular weight excluding hydrogens is 220 g/mol. The summed E-state index contributed by atoms with van der Waals surface area (Å²) < 4.78 is 5.49. The van der Waals surface area contributed by atoms with E-state index in [9.17, 15) is 4.79 Å². The van der Waals surface area contributed by atoms with Gasteiger partial charge in [-0.1, -0.05) is 12.1 Å². The Balaban J connectivity index is 2.69. The standard InChI is InChI=1S/C12H18N2O3/c1-12(14-2,11(13)16)8-17-10-5-3-4-9(6-10)7-15/h3-6,14-15H,7-8H2,1-2H3,(H2,13,16). The van der Waals surface area contributed by atoms with Crippen LogP contribution in [-0.4, -0.2) is 30.2 Å². The minimum atomic E-state index is -0.908. The third kappa shape index (κ3) is 3.44. The molecule has 1 unspecified atom stereocenters. The van der Waals surface area contributed by atoms with Crippen LogP contribution in [0.5, 0.6) is 5.75 Å². The number of amides is 1. The van der Waals surface area contributed by atoms with Gasteiger partial charge in [-0.15, -0.1) is 0 Å². The number of ether oxygens (including phenoxy) is 1. The maximum atomic E-state index is 11.2. The monoisotopic (exact) mass is 238 g/mol. The molecule has 0 heterocycles. The van der Waals surface area contributed by atoms with Crippen LogP contribution in [-0.2, 0) is 11.4 Å². The predicted octanol–water partition coefficient (Wildman–Crippen LogP) is 0.0211. The van der Waals surface area contributed by atoms with Gasteiger partial charge in [0.1, 0.15) is 17.9 Å². The van der Waals surface area contributed by atoms with Gasteiger partial charge in [0.15, 0.2) is 0 Å². The van der Waals surface area contributed by atoms with Gasteiger partial charge in [0.2, 0.25) is 5.91 Å². The summed E-state index contributed by atoms with van der Waals surface area (Å²) in [6.45, 7) is 1.76. The van der Waals surface area contributed by atoms with Gasteiger partial charge in [-0.3, -0.25) is 4.79 Å². The lowest BCUT2D eigenvalue weighted by atomic mass is 10.0. The van der Waals surface area contributed by atoms with Crippen LogP contribution in [0.15, 0.2) is 24.3 Å². The van der Waals surface area contributed by atoms with E-state index in [1.165, 1.54) is 0 Å². The van der Waals surface area contributed by atoms with Crippen molar-refractivity contribution in [2.24, 2.45) is 5.73 Å². The SMILES string of the molecule is CNC(C)(COc1cccc(CO)c1)C(N)=O. The van der Waals surface area contributed by atoms with Crippen LogP contribution in [0.25, 0.3) is 0 Å². The molecule has 0 fully saturated rings. The van der Waals surface area contributed by atoms with Crippen LogP contribution in [0, 0.1) is 0 Å². The van der Waals surface area contributed by atoms with Gasteiger partial charge < -0.3 is 20.9 Å². The Morgan fingerprint density at radius 3 is 2.82 bits per heavy atom. The number of rotatable bonds is 6. The molecule has 0 spiro atoms. The zero-order valence-corrected chi connectivity index (χ0v) is 10.1. The molecule has 0 aliphatic carbocycles. The first-order valence-corrected chi connectivity index (χ1v) is 5.33. The molecule has 1 atom stereocenters. The van der Waals surface area contributed by atoms with Crippen molar-refractivity contribution in [2.75, 3.05) is 13.7 Å². The number of carbonyl (C=O) groups is 1. The van der Waals surface area contributed by atoms with Crippen LogP contribution < -0.4 is 15.8 Å². The maximum Gasteiger partial charge on any atom is 0.240 e. The minimum Gasteiger partial charge on any atom is -0.491 e. The quantitative estimate of drug-likeness (QED) is 0.652. The molecule has 5 nitrogen and oxygen atoms in total. The van der Waals surface area contributed by atoms with Crippen LogP contribution in [0.2, 0.25) is 0 Å². The van der Waals surface area contributed by atoms with Gasteiger partial charge in [0, 0.05) is 0 Å². The molecule has 0 aliphatic heterocycles. The van der Waals surface area contributed by atoms with Gasteiger partial charge in [-0.05, 0) is 31.7 Å². The van der Waals surface area contributed by atoms with E-state index < -0.39 is 11.4 Å². The van der Waals surface area contributed by atoms with E-state index >= 15 is 0 Å². The zero-order chi connectivity index (χ0) is 12.9. The van der Waals surface area contributed by atoms with Crippen molar-refractivity contribution in [2.45, 2.75) is 19.1 Å². The lowest BCUT2D eigenvalue weighted by Gasteiger charge is -2.25. The zero-order valence-electron chi connectivity index (χ0n) is 10.1. The maximum absolute atomic E-state index is 11.2. The molecule has 0 bridgehead atoms. The van der Waals surface area contributed by atoms with Gasteiger partial charge >= 0.3 is 0 Å². The van der Waals surface area contributed by atoms with Gasteiger partial charge in [-0.25, -0.2) is 0 Å². The highest BCUT2D eigenvalue weighted by atomic mass is 16.5. The second-order valence-electron chi connectivity index (χ2n) is 4.04. The molecule has 4 N–H and O–H groups in total. The Morgan fingerprint density at radius 1 is 1.59 bits per heavy atom. The average molecular weight is 238 g/mol. The van der Waals surface area contributed by atoms with E-state index in [0.717, 1.165) is 5.56 Å². The average Bonchev–Trinajstić information content (AvgIpc) is 2.36. The van der Waals surface area contributed by atoms with Crippen LogP contribution in [0.3, 0.4) is 0 Å².